The summed E-state index contributed by atoms with van der Waals surface area (Å²) >= 11 is 0. The molecule has 6 heterocycles. The van der Waals surface area contributed by atoms with Gasteiger partial charge in [-0.1, -0.05) is 11.2 Å². The van der Waals surface area contributed by atoms with Crippen LogP contribution in [0, 0.1) is 25.5 Å². The third-order valence-corrected chi connectivity index (χ3v) is 12.6. The van der Waals surface area contributed by atoms with E-state index >= 15 is 0 Å². The highest BCUT2D eigenvalue weighted by atomic mass is 19.2. The number of hydrogen-bond acceptors (Lipinski definition) is 11. The number of ether oxygens (including phenoxy) is 1. The van der Waals surface area contributed by atoms with Crippen LogP contribution in [-0.4, -0.2) is 98.8 Å². The van der Waals surface area contributed by atoms with Gasteiger partial charge in [-0.3, -0.25) is 39.0 Å². The molecule has 16 nitrogen and oxygen atoms in total. The van der Waals surface area contributed by atoms with Gasteiger partial charge in [-0.25, -0.2) is 13.8 Å². The van der Waals surface area contributed by atoms with E-state index < -0.39 is 47.3 Å². The monoisotopic (exact) mass is 876 g/mol. The number of imide groups is 2. The maximum absolute atomic E-state index is 14.6. The summed E-state index contributed by atoms with van der Waals surface area (Å²) in [5.41, 5.74) is 5.26. The summed E-state index contributed by atoms with van der Waals surface area (Å²) in [6.45, 7) is 5.51. The Labute approximate surface area is 365 Å². The molecule has 332 valence electrons. The summed E-state index contributed by atoms with van der Waals surface area (Å²) < 4.78 is 42.0. The quantitative estimate of drug-likeness (QED) is 0.112. The molecule has 0 aliphatic carbocycles. The van der Waals surface area contributed by atoms with Gasteiger partial charge < -0.3 is 28.9 Å². The molecule has 3 fully saturated rings. The zero-order chi connectivity index (χ0) is 44.8. The van der Waals surface area contributed by atoms with Crippen LogP contribution >= 0.6 is 0 Å². The zero-order valence-corrected chi connectivity index (χ0v) is 35.3. The van der Waals surface area contributed by atoms with Crippen LogP contribution in [0.25, 0.3) is 22.2 Å². The number of hydrogen-bond donors (Lipinski definition) is 2. The van der Waals surface area contributed by atoms with E-state index in [1.807, 2.05) is 36.9 Å². The van der Waals surface area contributed by atoms with Gasteiger partial charge >= 0.3 is 0 Å². The summed E-state index contributed by atoms with van der Waals surface area (Å²) in [7, 11) is 0. The molecule has 0 bridgehead atoms. The number of piperidine rings is 3. The first-order chi connectivity index (χ1) is 30.9. The van der Waals surface area contributed by atoms with Crippen LogP contribution in [0.5, 0.6) is 0 Å². The van der Waals surface area contributed by atoms with Gasteiger partial charge in [0.05, 0.1) is 53.5 Å². The summed E-state index contributed by atoms with van der Waals surface area (Å²) in [4.78, 5) is 86.6. The Morgan fingerprint density at radius 3 is 2.41 bits per heavy atom. The Bertz CT molecular complexity index is 2700. The molecule has 64 heavy (non-hydrogen) atoms. The van der Waals surface area contributed by atoms with Crippen molar-refractivity contribution in [3.63, 3.8) is 0 Å². The minimum atomic E-state index is -1.04. The number of nitrogens with zero attached hydrogens (tertiary/aromatic N) is 6. The number of carbonyl (C=O) groups excluding carboxylic acids is 6. The molecule has 3 aromatic carbocycles. The number of aromatic nitrogens is 3. The summed E-state index contributed by atoms with van der Waals surface area (Å²) in [6.07, 6.45) is 2.96. The molecule has 4 aliphatic rings. The lowest BCUT2D eigenvalue weighted by Gasteiger charge is -2.38. The number of fused-ring (bicyclic) bond motifs is 2. The molecule has 3 saturated heterocycles. The summed E-state index contributed by atoms with van der Waals surface area (Å²) in [5.74, 6) is -3.24. The Balaban J connectivity index is 0.831. The molecule has 2 aromatic heterocycles. The van der Waals surface area contributed by atoms with Gasteiger partial charge in [-0.2, -0.15) is 0 Å². The second kappa shape index (κ2) is 17.4. The lowest BCUT2D eigenvalue weighted by atomic mass is 9.98. The molecule has 2 N–H and O–H groups in total. The molecule has 0 saturated carbocycles. The fraction of sp³-hybridized carbons (Fsp3) is 0.391. The van der Waals surface area contributed by atoms with Crippen molar-refractivity contribution >= 4 is 57.9 Å². The number of anilines is 2. The number of benzene rings is 3. The van der Waals surface area contributed by atoms with E-state index in [0.29, 0.717) is 68.1 Å². The highest BCUT2D eigenvalue weighted by Crippen LogP contribution is 2.41. The minimum Gasteiger partial charge on any atom is -0.383 e. The predicted molar refractivity (Wildman–Crippen MR) is 227 cm³/mol. The van der Waals surface area contributed by atoms with Crippen molar-refractivity contribution in [2.24, 2.45) is 0 Å². The molecule has 2 atom stereocenters. The van der Waals surface area contributed by atoms with E-state index in [9.17, 15) is 37.5 Å². The van der Waals surface area contributed by atoms with E-state index in [4.69, 9.17) is 14.2 Å². The first-order valence-electron chi connectivity index (χ1n) is 21.5. The highest BCUT2D eigenvalue weighted by molar-refractivity contribution is 6.23. The van der Waals surface area contributed by atoms with Crippen LogP contribution in [0.3, 0.4) is 0 Å². The Kier molecular flexibility index (Phi) is 11.5. The highest BCUT2D eigenvalue weighted by Gasteiger charge is 2.45. The van der Waals surface area contributed by atoms with Crippen molar-refractivity contribution in [3.05, 3.63) is 94.6 Å². The van der Waals surface area contributed by atoms with Gasteiger partial charge in [-0.05, 0) is 94.0 Å². The fourth-order valence-electron chi connectivity index (χ4n) is 9.50. The number of carbonyl (C=O) groups is 6. The Morgan fingerprint density at radius 1 is 0.859 bits per heavy atom. The SMILES string of the molecule is Cc1noc(C)c1-c1ccc2c(c1)nc([C@@H]1CCCC(=O)N1c1ccc(F)c(F)c1)n2C1CCN(C(=O)CCOCCNc2ccc3c(c2)C(=O)N(C2CCC(=O)NC2=O)C3=O)CC1. The summed E-state index contributed by atoms with van der Waals surface area (Å²) in [5, 5.41) is 9.48. The number of imidazole rings is 1. The number of nitrogens with one attached hydrogen (secondary N) is 2. The van der Waals surface area contributed by atoms with E-state index in [2.05, 4.69) is 20.4 Å². The maximum atomic E-state index is 14.6. The van der Waals surface area contributed by atoms with Crippen molar-refractivity contribution in [3.8, 4) is 11.1 Å². The van der Waals surface area contributed by atoms with Gasteiger partial charge in [0.1, 0.15) is 17.6 Å². The van der Waals surface area contributed by atoms with Crippen molar-refractivity contribution < 1.29 is 46.8 Å². The largest absolute Gasteiger partial charge is 0.383 e. The van der Waals surface area contributed by atoms with Gasteiger partial charge in [0, 0.05) is 61.5 Å². The number of amides is 6. The molecular formula is C46H46F2N8O8. The van der Waals surface area contributed by atoms with Gasteiger partial charge in [0.15, 0.2) is 11.6 Å². The average molecular weight is 877 g/mol. The zero-order valence-electron chi connectivity index (χ0n) is 35.3. The van der Waals surface area contributed by atoms with Crippen LogP contribution in [0.4, 0.5) is 20.2 Å². The van der Waals surface area contributed by atoms with Gasteiger partial charge in [-0.15, -0.1) is 0 Å². The van der Waals surface area contributed by atoms with Gasteiger partial charge in [0.25, 0.3) is 11.8 Å². The predicted octanol–water partition coefficient (Wildman–Crippen LogP) is 5.93. The number of likely N-dealkylation sites (tertiary alicyclic amines) is 1. The van der Waals surface area contributed by atoms with Crippen LogP contribution in [0.2, 0.25) is 0 Å². The molecule has 0 radical (unpaired) electrons. The van der Waals surface area contributed by atoms with E-state index in [-0.39, 0.29) is 73.6 Å². The minimum absolute atomic E-state index is 0.0384. The van der Waals surface area contributed by atoms with E-state index in [0.717, 1.165) is 39.4 Å². The molecule has 5 aromatic rings. The van der Waals surface area contributed by atoms with Crippen LogP contribution in [0.15, 0.2) is 59.1 Å². The first kappa shape index (κ1) is 42.5. The first-order valence-corrected chi connectivity index (χ1v) is 21.5. The number of aryl methyl sites for hydroxylation is 2. The van der Waals surface area contributed by atoms with Gasteiger partial charge in [0.2, 0.25) is 23.6 Å². The second-order valence-electron chi connectivity index (χ2n) is 16.6. The molecule has 6 amide bonds. The topological polar surface area (TPSA) is 189 Å². The average Bonchev–Trinajstić information content (AvgIpc) is 3.91. The molecule has 4 aliphatic heterocycles. The van der Waals surface area contributed by atoms with Crippen molar-refractivity contribution in [2.75, 3.05) is 43.1 Å². The third-order valence-electron chi connectivity index (χ3n) is 12.6. The second-order valence-corrected chi connectivity index (χ2v) is 16.6. The summed E-state index contributed by atoms with van der Waals surface area (Å²) in [6, 6.07) is 12.6. The van der Waals surface area contributed by atoms with E-state index in [1.165, 1.54) is 12.1 Å². The fourth-order valence-corrected chi connectivity index (χ4v) is 9.50. The molecule has 1 unspecified atom stereocenters. The third kappa shape index (κ3) is 7.90. The lowest BCUT2D eigenvalue weighted by Crippen LogP contribution is -2.54. The van der Waals surface area contributed by atoms with Crippen molar-refractivity contribution in [1.82, 2.24) is 29.8 Å². The number of halogens is 2. The molecule has 0 spiro atoms. The van der Waals surface area contributed by atoms with Crippen molar-refractivity contribution in [2.45, 2.75) is 83.3 Å². The van der Waals surface area contributed by atoms with Crippen LogP contribution < -0.4 is 15.5 Å². The van der Waals surface area contributed by atoms with Crippen molar-refractivity contribution in [1.29, 1.82) is 0 Å². The number of rotatable bonds is 12. The van der Waals surface area contributed by atoms with E-state index in [1.54, 1.807) is 17.0 Å². The normalized spacial score (nSPS) is 19.5. The molecule has 9 rings (SSSR count). The smallest absolute Gasteiger partial charge is 0.262 e. The molecular weight excluding hydrogens is 831 g/mol. The molecule has 18 heteroatoms. The Morgan fingerprint density at radius 2 is 1.66 bits per heavy atom. The Hall–Kier alpha value is -6.82. The van der Waals surface area contributed by atoms with Crippen LogP contribution in [-0.2, 0) is 23.9 Å². The maximum Gasteiger partial charge on any atom is 0.262 e. The standard InChI is InChI=1S/C46H46F2N8O8/c1-25-42(26(2)64-52-25)27-6-11-36-35(22-27)50-43(37-4-3-5-41(59)54(37)30-8-10-33(47)34(48)24-30)55(36)29-14-18-53(19-15-29)40(58)16-20-63-21-17-49-28-7-9-31-32(23-28)46(62)56(45(31)61)38-12-13-39(57)51-44(38)60/h6-11,22-24,29,37-38,49H,3-5,12-21H2,1-2H3,(H,51,57,60)/t37-,38?/m0/s1. The van der Waals surface area contributed by atoms with Crippen LogP contribution in [0.1, 0.15) is 101 Å². The lowest BCUT2D eigenvalue weighted by molar-refractivity contribution is -0.136.